The summed E-state index contributed by atoms with van der Waals surface area (Å²) in [6.45, 7) is 6.49. The van der Waals surface area contributed by atoms with Crippen molar-refractivity contribution in [3.05, 3.63) is 0 Å². The van der Waals surface area contributed by atoms with Gasteiger partial charge in [0.1, 0.15) is 0 Å². The lowest BCUT2D eigenvalue weighted by molar-refractivity contribution is -0.0317. The van der Waals surface area contributed by atoms with E-state index in [9.17, 15) is 0 Å². The van der Waals surface area contributed by atoms with Gasteiger partial charge < -0.3 is 4.74 Å². The Kier molecular flexibility index (Phi) is 1.80. The summed E-state index contributed by atoms with van der Waals surface area (Å²) in [6.07, 6.45) is 4.27. The number of rotatable bonds is 3. The third-order valence-electron chi connectivity index (χ3n) is 1.86. The zero-order valence-electron chi connectivity index (χ0n) is 6.61. The Bertz CT molecular complexity index is 92.7. The van der Waals surface area contributed by atoms with E-state index in [1.807, 2.05) is 0 Å². The molecule has 0 bridgehead atoms. The Hall–Kier alpha value is -0.0400. The van der Waals surface area contributed by atoms with Gasteiger partial charge in [0.25, 0.3) is 0 Å². The molecule has 9 heavy (non-hydrogen) atoms. The predicted octanol–water partition coefficient (Wildman–Crippen LogP) is 2.35. The van der Waals surface area contributed by atoms with E-state index in [1.165, 1.54) is 12.8 Å². The van der Waals surface area contributed by atoms with Gasteiger partial charge in [0.15, 0.2) is 0 Å². The van der Waals surface area contributed by atoms with E-state index in [-0.39, 0.29) is 5.60 Å². The lowest BCUT2D eigenvalue weighted by Crippen LogP contribution is -2.23. The molecule has 0 amide bonds. The summed E-state index contributed by atoms with van der Waals surface area (Å²) < 4.78 is 5.70. The molecule has 0 N–H and O–H groups in total. The maximum Gasteiger partial charge on any atom is 0.0627 e. The molecule has 1 heteroatoms. The summed E-state index contributed by atoms with van der Waals surface area (Å²) in [4.78, 5) is 0. The van der Waals surface area contributed by atoms with E-state index >= 15 is 0 Å². The molecule has 54 valence electrons. The quantitative estimate of drug-likeness (QED) is 0.567. The Morgan fingerprint density at radius 3 is 2.33 bits per heavy atom. The molecule has 0 aliphatic heterocycles. The van der Waals surface area contributed by atoms with Crippen LogP contribution in [0.5, 0.6) is 0 Å². The van der Waals surface area contributed by atoms with Crippen LogP contribution in [-0.4, -0.2) is 11.7 Å². The zero-order valence-corrected chi connectivity index (χ0v) is 6.61. The molecule has 1 aliphatic carbocycles. The van der Waals surface area contributed by atoms with Gasteiger partial charge in [-0.05, 0) is 33.1 Å². The first-order chi connectivity index (χ1) is 4.14. The summed E-state index contributed by atoms with van der Waals surface area (Å²) in [5, 5.41) is 0. The molecule has 1 aliphatic rings. The fourth-order valence-electron chi connectivity index (χ4n) is 0.720. The molecule has 0 radical (unpaired) electrons. The first-order valence-corrected chi connectivity index (χ1v) is 3.82. The lowest BCUT2D eigenvalue weighted by Gasteiger charge is -2.22. The van der Waals surface area contributed by atoms with Gasteiger partial charge in [-0.2, -0.15) is 0 Å². The van der Waals surface area contributed by atoms with E-state index in [0.29, 0.717) is 6.10 Å². The van der Waals surface area contributed by atoms with Gasteiger partial charge in [-0.15, -0.1) is 0 Å². The predicted molar refractivity (Wildman–Crippen MR) is 38.5 cm³/mol. The second kappa shape index (κ2) is 2.30. The van der Waals surface area contributed by atoms with Gasteiger partial charge in [-0.25, -0.2) is 0 Å². The second-order valence-corrected chi connectivity index (χ2v) is 3.43. The van der Waals surface area contributed by atoms with Crippen molar-refractivity contribution >= 4 is 0 Å². The van der Waals surface area contributed by atoms with Crippen LogP contribution in [0.15, 0.2) is 0 Å². The SMILES string of the molecule is CCC(C)(C)OC1CC1. The average molecular weight is 128 g/mol. The Morgan fingerprint density at radius 2 is 2.00 bits per heavy atom. The van der Waals surface area contributed by atoms with Crippen molar-refractivity contribution in [3.63, 3.8) is 0 Å². The lowest BCUT2D eigenvalue weighted by atomic mass is 10.1. The smallest absolute Gasteiger partial charge is 0.0627 e. The van der Waals surface area contributed by atoms with Crippen molar-refractivity contribution in [1.29, 1.82) is 0 Å². The average Bonchev–Trinajstić information content (AvgIpc) is 2.50. The van der Waals surface area contributed by atoms with Crippen molar-refractivity contribution in [2.45, 2.75) is 51.7 Å². The zero-order chi connectivity index (χ0) is 6.91. The van der Waals surface area contributed by atoms with E-state index in [4.69, 9.17) is 4.74 Å². The standard InChI is InChI=1S/C8H16O/c1-4-8(2,3)9-7-5-6-7/h7H,4-6H2,1-3H3. The highest BCUT2D eigenvalue weighted by Crippen LogP contribution is 2.30. The van der Waals surface area contributed by atoms with Gasteiger partial charge in [0.05, 0.1) is 11.7 Å². The molecule has 0 heterocycles. The maximum absolute atomic E-state index is 5.70. The summed E-state index contributed by atoms with van der Waals surface area (Å²) in [6, 6.07) is 0. The maximum atomic E-state index is 5.70. The van der Waals surface area contributed by atoms with Crippen LogP contribution in [0.25, 0.3) is 0 Å². The first kappa shape index (κ1) is 7.07. The van der Waals surface area contributed by atoms with Crippen molar-refractivity contribution in [3.8, 4) is 0 Å². The van der Waals surface area contributed by atoms with Crippen LogP contribution in [0.3, 0.4) is 0 Å². The van der Waals surface area contributed by atoms with Crippen molar-refractivity contribution < 1.29 is 4.74 Å². The van der Waals surface area contributed by atoms with E-state index in [1.54, 1.807) is 0 Å². The first-order valence-electron chi connectivity index (χ1n) is 3.82. The molecule has 1 saturated carbocycles. The molecule has 0 spiro atoms. The Labute approximate surface area is 57.4 Å². The monoisotopic (exact) mass is 128 g/mol. The van der Waals surface area contributed by atoms with Crippen molar-refractivity contribution in [2.75, 3.05) is 0 Å². The van der Waals surface area contributed by atoms with Gasteiger partial charge >= 0.3 is 0 Å². The van der Waals surface area contributed by atoms with Crippen molar-refractivity contribution in [2.24, 2.45) is 0 Å². The second-order valence-electron chi connectivity index (χ2n) is 3.43. The van der Waals surface area contributed by atoms with Gasteiger partial charge in [0.2, 0.25) is 0 Å². The third kappa shape index (κ3) is 2.35. The normalized spacial score (nSPS) is 20.3. The fraction of sp³-hybridized carbons (Fsp3) is 1.00. The van der Waals surface area contributed by atoms with Crippen LogP contribution in [-0.2, 0) is 4.74 Å². The van der Waals surface area contributed by atoms with Crippen LogP contribution < -0.4 is 0 Å². The summed E-state index contributed by atoms with van der Waals surface area (Å²) in [5.74, 6) is 0. The number of hydrogen-bond donors (Lipinski definition) is 0. The summed E-state index contributed by atoms with van der Waals surface area (Å²) in [7, 11) is 0. The minimum Gasteiger partial charge on any atom is -0.372 e. The van der Waals surface area contributed by atoms with Crippen molar-refractivity contribution in [1.82, 2.24) is 0 Å². The Morgan fingerprint density at radius 1 is 1.44 bits per heavy atom. The van der Waals surface area contributed by atoms with Crippen LogP contribution in [0.2, 0.25) is 0 Å². The molecule has 0 aromatic heterocycles. The molecule has 1 rings (SSSR count). The summed E-state index contributed by atoms with van der Waals surface area (Å²) >= 11 is 0. The molecule has 0 aromatic carbocycles. The molecular weight excluding hydrogens is 112 g/mol. The topological polar surface area (TPSA) is 9.23 Å². The highest BCUT2D eigenvalue weighted by Gasteiger charge is 2.29. The van der Waals surface area contributed by atoms with Crippen LogP contribution in [0.4, 0.5) is 0 Å². The number of ether oxygens (including phenoxy) is 1. The van der Waals surface area contributed by atoms with E-state index in [2.05, 4.69) is 20.8 Å². The van der Waals surface area contributed by atoms with Gasteiger partial charge in [-0.3, -0.25) is 0 Å². The molecule has 0 saturated heterocycles. The van der Waals surface area contributed by atoms with Gasteiger partial charge in [0, 0.05) is 0 Å². The molecular formula is C8H16O. The van der Waals surface area contributed by atoms with E-state index < -0.39 is 0 Å². The third-order valence-corrected chi connectivity index (χ3v) is 1.86. The van der Waals surface area contributed by atoms with E-state index in [0.717, 1.165) is 6.42 Å². The Balaban J connectivity index is 2.21. The molecule has 0 atom stereocenters. The molecule has 1 fully saturated rings. The summed E-state index contributed by atoms with van der Waals surface area (Å²) in [5.41, 5.74) is 0.126. The minimum absolute atomic E-state index is 0.126. The van der Waals surface area contributed by atoms with Crippen LogP contribution in [0.1, 0.15) is 40.0 Å². The minimum atomic E-state index is 0.126. The number of hydrogen-bond acceptors (Lipinski definition) is 1. The highest BCUT2D eigenvalue weighted by molar-refractivity contribution is 4.78. The molecule has 1 nitrogen and oxygen atoms in total. The van der Waals surface area contributed by atoms with Crippen LogP contribution in [0, 0.1) is 0 Å². The fourth-order valence-corrected chi connectivity index (χ4v) is 0.720. The highest BCUT2D eigenvalue weighted by atomic mass is 16.5. The molecule has 0 aromatic rings. The van der Waals surface area contributed by atoms with Crippen LogP contribution >= 0.6 is 0 Å². The largest absolute Gasteiger partial charge is 0.372 e. The van der Waals surface area contributed by atoms with Gasteiger partial charge in [-0.1, -0.05) is 6.92 Å². The molecule has 0 unspecified atom stereocenters.